The van der Waals surface area contributed by atoms with E-state index in [1.807, 2.05) is 13.0 Å². The van der Waals surface area contributed by atoms with Crippen LogP contribution in [0.1, 0.15) is 13.8 Å². The van der Waals surface area contributed by atoms with Crippen LogP contribution in [0.25, 0.3) is 0 Å². The van der Waals surface area contributed by atoms with Gasteiger partial charge in [-0.3, -0.25) is 4.79 Å². The number of thioether (sulfide) groups is 1. The van der Waals surface area contributed by atoms with Gasteiger partial charge >= 0.3 is 5.97 Å². The number of aliphatic hydroxyl groups excluding tert-OH is 1. The van der Waals surface area contributed by atoms with Gasteiger partial charge in [-0.2, -0.15) is 0 Å². The third-order valence-electron chi connectivity index (χ3n) is 4.16. The summed E-state index contributed by atoms with van der Waals surface area (Å²) in [7, 11) is 0. The zero-order valence-electron chi connectivity index (χ0n) is 12.1. The fraction of sp³-hybridized carbons (Fsp3) is 0.400. The lowest BCUT2D eigenvalue weighted by molar-refractivity contribution is -0.163. The molecule has 0 unspecified atom stereocenters. The molecule has 0 saturated carbocycles. The van der Waals surface area contributed by atoms with E-state index < -0.39 is 18.0 Å². The first-order valence-corrected chi connectivity index (χ1v) is 7.82. The molecule has 1 saturated heterocycles. The Hall–Kier alpha value is -1.86. The normalized spacial score (nSPS) is 28.4. The number of carboxylic acids is 1. The zero-order valence-corrected chi connectivity index (χ0v) is 12.9. The maximum Gasteiger partial charge on any atom is 0.353 e. The number of hydrogen-bond acceptors (Lipinski definition) is 5. The summed E-state index contributed by atoms with van der Waals surface area (Å²) in [5.41, 5.74) is 0.0232. The Morgan fingerprint density at radius 1 is 1.45 bits per heavy atom. The lowest BCUT2D eigenvalue weighted by Gasteiger charge is -2.46. The number of pyridine rings is 1. The minimum Gasteiger partial charge on any atom is -0.477 e. The highest BCUT2D eigenvalue weighted by Crippen LogP contribution is 2.51. The molecule has 1 aromatic rings. The van der Waals surface area contributed by atoms with Crippen molar-refractivity contribution in [2.45, 2.75) is 31.0 Å². The number of nitrogens with zero attached hydrogens (tertiary/aromatic N) is 2. The number of hydrogen-bond donors (Lipinski definition) is 2. The number of carbonyl (C=O) groups excluding carboxylic acids is 1. The van der Waals surface area contributed by atoms with Crippen molar-refractivity contribution >= 4 is 23.6 Å². The molecule has 0 radical (unpaired) electrons. The van der Waals surface area contributed by atoms with E-state index in [4.69, 9.17) is 0 Å². The molecule has 116 valence electrons. The molecular weight excluding hydrogens is 304 g/mol. The van der Waals surface area contributed by atoms with Crippen LogP contribution in [0.4, 0.5) is 0 Å². The molecule has 3 heterocycles. The molecule has 2 aliphatic rings. The molecule has 0 aromatic carbocycles. The highest BCUT2D eigenvalue weighted by Gasteiger charge is 2.60. The Morgan fingerprint density at radius 3 is 2.73 bits per heavy atom. The summed E-state index contributed by atoms with van der Waals surface area (Å²) in [6.07, 6.45) is 0.854. The molecule has 22 heavy (non-hydrogen) atoms. The first kappa shape index (κ1) is 15.1. The summed E-state index contributed by atoms with van der Waals surface area (Å²) >= 11 is 1.27. The molecule has 0 bridgehead atoms. The second kappa shape index (κ2) is 5.40. The molecule has 7 heteroatoms. The van der Waals surface area contributed by atoms with Crippen molar-refractivity contribution in [2.75, 3.05) is 0 Å². The smallest absolute Gasteiger partial charge is 0.353 e. The van der Waals surface area contributed by atoms with Crippen molar-refractivity contribution in [3.8, 4) is 0 Å². The van der Waals surface area contributed by atoms with Crippen LogP contribution >= 0.6 is 11.8 Å². The maximum absolute atomic E-state index is 12.2. The topological polar surface area (TPSA) is 90.7 Å². The van der Waals surface area contributed by atoms with Crippen LogP contribution in [0.15, 0.2) is 40.0 Å². The molecule has 1 fully saturated rings. The van der Waals surface area contributed by atoms with E-state index in [2.05, 4.69) is 4.98 Å². The summed E-state index contributed by atoms with van der Waals surface area (Å²) < 4.78 is 0. The molecule has 2 aliphatic heterocycles. The van der Waals surface area contributed by atoms with Crippen molar-refractivity contribution in [3.63, 3.8) is 0 Å². The molecule has 1 aromatic heterocycles. The van der Waals surface area contributed by atoms with Gasteiger partial charge in [0.25, 0.3) is 0 Å². The molecule has 0 spiro atoms. The Balaban J connectivity index is 1.97. The first-order chi connectivity index (χ1) is 10.4. The van der Waals surface area contributed by atoms with Gasteiger partial charge in [-0.15, -0.1) is 0 Å². The largest absolute Gasteiger partial charge is 0.477 e. The van der Waals surface area contributed by atoms with Gasteiger partial charge in [0.2, 0.25) is 5.91 Å². The maximum atomic E-state index is 12.2. The quantitative estimate of drug-likeness (QED) is 0.813. The number of aliphatic carboxylic acids is 1. The molecule has 0 aliphatic carbocycles. The first-order valence-electron chi connectivity index (χ1n) is 7.01. The van der Waals surface area contributed by atoms with Crippen LogP contribution < -0.4 is 0 Å². The fourth-order valence-corrected chi connectivity index (χ4v) is 4.27. The summed E-state index contributed by atoms with van der Waals surface area (Å²) in [6.45, 7) is 3.46. The summed E-state index contributed by atoms with van der Waals surface area (Å²) in [4.78, 5) is 29.9. The standard InChI is InChI=1S/C15H16N2O4S/c1-7-11-10(8(2)18)14(19)17(11)12(15(20)21)13(7)22-9-5-3-4-6-16-9/h3-8,10-11,18H,1-2H3,(H,20,21)/t7-,8-,10-,11-/m1/s1. The van der Waals surface area contributed by atoms with Crippen LogP contribution in [-0.2, 0) is 9.59 Å². The van der Waals surface area contributed by atoms with Gasteiger partial charge in [0, 0.05) is 17.0 Å². The van der Waals surface area contributed by atoms with Gasteiger partial charge in [-0.1, -0.05) is 24.8 Å². The molecule has 4 atom stereocenters. The second-order valence-electron chi connectivity index (χ2n) is 5.54. The minimum absolute atomic E-state index is 0.0232. The number of aromatic nitrogens is 1. The third-order valence-corrected chi connectivity index (χ3v) is 5.40. The number of β-lactam (4-membered cyclic amide) rings is 1. The number of amides is 1. The SMILES string of the molecule is C[C@@H](O)[C@H]1C(=O)N2C(C(=O)O)=C(Sc3ccccn3)[C@H](C)[C@H]12. The van der Waals surface area contributed by atoms with Crippen molar-refractivity contribution in [1.82, 2.24) is 9.88 Å². The Bertz CT molecular complexity index is 659. The van der Waals surface area contributed by atoms with Gasteiger partial charge in [0.1, 0.15) is 10.7 Å². The predicted octanol–water partition coefficient (Wildman–Crippen LogP) is 1.33. The van der Waals surface area contributed by atoms with E-state index in [0.717, 1.165) is 0 Å². The van der Waals surface area contributed by atoms with Crippen LogP contribution in [-0.4, -0.2) is 44.1 Å². The van der Waals surface area contributed by atoms with Crippen LogP contribution in [0.2, 0.25) is 0 Å². The summed E-state index contributed by atoms with van der Waals surface area (Å²) in [5.74, 6) is -2.12. The van der Waals surface area contributed by atoms with E-state index in [9.17, 15) is 19.8 Å². The van der Waals surface area contributed by atoms with E-state index >= 15 is 0 Å². The molecule has 1 amide bonds. The molecule has 3 rings (SSSR count). The molecular formula is C15H16N2O4S. The van der Waals surface area contributed by atoms with Crippen LogP contribution in [0.5, 0.6) is 0 Å². The number of aliphatic hydroxyl groups is 1. The Kier molecular flexibility index (Phi) is 3.70. The van der Waals surface area contributed by atoms with Crippen molar-refractivity contribution in [1.29, 1.82) is 0 Å². The van der Waals surface area contributed by atoms with Gasteiger partial charge in [0.05, 0.1) is 18.1 Å². The number of fused-ring (bicyclic) bond motifs is 1. The Labute approximate surface area is 131 Å². The third kappa shape index (κ3) is 2.12. The summed E-state index contributed by atoms with van der Waals surface area (Å²) in [5, 5.41) is 20.0. The van der Waals surface area contributed by atoms with Crippen molar-refractivity contribution in [3.05, 3.63) is 35.0 Å². The predicted molar refractivity (Wildman–Crippen MR) is 79.7 cm³/mol. The number of carbonyl (C=O) groups is 2. The van der Waals surface area contributed by atoms with Crippen LogP contribution in [0.3, 0.4) is 0 Å². The van der Waals surface area contributed by atoms with E-state index in [0.29, 0.717) is 9.93 Å². The van der Waals surface area contributed by atoms with E-state index in [-0.39, 0.29) is 23.6 Å². The molecule has 2 N–H and O–H groups in total. The highest BCUT2D eigenvalue weighted by atomic mass is 32.2. The summed E-state index contributed by atoms with van der Waals surface area (Å²) in [6, 6.07) is 5.13. The number of rotatable bonds is 4. The monoisotopic (exact) mass is 320 g/mol. The van der Waals surface area contributed by atoms with Crippen LogP contribution in [0, 0.1) is 11.8 Å². The molecule has 6 nitrogen and oxygen atoms in total. The van der Waals surface area contributed by atoms with Gasteiger partial charge in [-0.25, -0.2) is 9.78 Å². The zero-order chi connectivity index (χ0) is 16.0. The van der Waals surface area contributed by atoms with Gasteiger partial charge < -0.3 is 15.1 Å². The average molecular weight is 320 g/mol. The Morgan fingerprint density at radius 2 is 2.18 bits per heavy atom. The van der Waals surface area contributed by atoms with Crippen molar-refractivity contribution < 1.29 is 19.8 Å². The lowest BCUT2D eigenvalue weighted by atomic mass is 9.79. The van der Waals surface area contributed by atoms with E-state index in [1.54, 1.807) is 25.3 Å². The van der Waals surface area contributed by atoms with E-state index in [1.165, 1.54) is 16.7 Å². The fourth-order valence-electron chi connectivity index (χ4n) is 3.18. The minimum atomic E-state index is -1.12. The lowest BCUT2D eigenvalue weighted by Crippen LogP contribution is -2.63. The highest BCUT2D eigenvalue weighted by molar-refractivity contribution is 8.03. The van der Waals surface area contributed by atoms with Gasteiger partial charge in [0.15, 0.2) is 0 Å². The second-order valence-corrected chi connectivity index (χ2v) is 6.60. The number of carboxylic acid groups (broad SMARTS) is 1. The van der Waals surface area contributed by atoms with Gasteiger partial charge in [-0.05, 0) is 19.1 Å². The van der Waals surface area contributed by atoms with Crippen molar-refractivity contribution in [2.24, 2.45) is 11.8 Å². The average Bonchev–Trinajstić information content (AvgIpc) is 2.70.